The number of aromatic nitrogens is 1. The van der Waals surface area contributed by atoms with E-state index in [1.54, 1.807) is 0 Å². The summed E-state index contributed by atoms with van der Waals surface area (Å²) in [7, 11) is 0. The Labute approximate surface area is 117 Å². The van der Waals surface area contributed by atoms with E-state index in [1.807, 2.05) is 0 Å². The van der Waals surface area contributed by atoms with Gasteiger partial charge in [-0.2, -0.15) is 13.2 Å². The third kappa shape index (κ3) is 3.41. The number of oxime groups is 1. The van der Waals surface area contributed by atoms with Gasteiger partial charge in [0, 0.05) is 6.07 Å². The number of ether oxygens (including phenoxy) is 1. The van der Waals surface area contributed by atoms with Crippen LogP contribution < -0.4 is 10.5 Å². The van der Waals surface area contributed by atoms with Gasteiger partial charge < -0.3 is 15.7 Å². The topological polar surface area (TPSA) is 80.7 Å². The molecule has 0 atom stereocenters. The van der Waals surface area contributed by atoms with Crippen molar-refractivity contribution in [1.29, 1.82) is 0 Å². The predicted octanol–water partition coefficient (Wildman–Crippen LogP) is 2.99. The monoisotopic (exact) mass is 297 g/mol. The summed E-state index contributed by atoms with van der Waals surface area (Å²) in [4.78, 5) is 3.86. The summed E-state index contributed by atoms with van der Waals surface area (Å²) < 4.78 is 43.7. The molecule has 1 aromatic heterocycles. The molecule has 2 aromatic rings. The summed E-state index contributed by atoms with van der Waals surface area (Å²) in [5.41, 5.74) is 4.52. The molecule has 1 aromatic carbocycles. The van der Waals surface area contributed by atoms with Gasteiger partial charge in [-0.05, 0) is 18.2 Å². The standard InChI is InChI=1S/C13H10F3N3O2/c14-13(15,16)8-4-1-2-6-10(8)21-11-7-3-5-9(18-11)12(17)19-20/h1-7,20H,(H2,17,19). The lowest BCUT2D eigenvalue weighted by atomic mass is 10.2. The molecule has 5 nitrogen and oxygen atoms in total. The molecule has 0 aliphatic rings. The third-order valence-electron chi connectivity index (χ3n) is 2.50. The van der Waals surface area contributed by atoms with Gasteiger partial charge in [0.2, 0.25) is 5.88 Å². The Morgan fingerprint density at radius 1 is 1.14 bits per heavy atom. The van der Waals surface area contributed by atoms with Gasteiger partial charge in [-0.3, -0.25) is 0 Å². The van der Waals surface area contributed by atoms with Crippen molar-refractivity contribution in [3.63, 3.8) is 0 Å². The van der Waals surface area contributed by atoms with E-state index in [4.69, 9.17) is 15.7 Å². The molecule has 2 rings (SSSR count). The number of halogens is 3. The van der Waals surface area contributed by atoms with Crippen molar-refractivity contribution in [2.75, 3.05) is 0 Å². The molecule has 0 radical (unpaired) electrons. The van der Waals surface area contributed by atoms with E-state index >= 15 is 0 Å². The maximum atomic E-state index is 12.8. The quantitative estimate of drug-likeness (QED) is 0.395. The van der Waals surface area contributed by atoms with E-state index in [2.05, 4.69) is 10.1 Å². The van der Waals surface area contributed by atoms with E-state index in [1.165, 1.54) is 36.4 Å². The number of para-hydroxylation sites is 1. The van der Waals surface area contributed by atoms with Crippen LogP contribution in [0.5, 0.6) is 11.6 Å². The third-order valence-corrected chi connectivity index (χ3v) is 2.50. The fourth-order valence-electron chi connectivity index (χ4n) is 1.57. The lowest BCUT2D eigenvalue weighted by molar-refractivity contribution is -0.138. The van der Waals surface area contributed by atoms with Gasteiger partial charge in [-0.25, -0.2) is 4.98 Å². The number of pyridine rings is 1. The number of alkyl halides is 3. The van der Waals surface area contributed by atoms with Gasteiger partial charge in [-0.15, -0.1) is 0 Å². The molecule has 0 saturated heterocycles. The van der Waals surface area contributed by atoms with Crippen molar-refractivity contribution in [1.82, 2.24) is 4.98 Å². The van der Waals surface area contributed by atoms with Gasteiger partial charge in [0.25, 0.3) is 0 Å². The van der Waals surface area contributed by atoms with Crippen LogP contribution >= 0.6 is 0 Å². The Bertz CT molecular complexity index is 672. The minimum Gasteiger partial charge on any atom is -0.438 e. The zero-order valence-corrected chi connectivity index (χ0v) is 10.5. The van der Waals surface area contributed by atoms with Crippen LogP contribution in [0, 0.1) is 0 Å². The molecule has 0 bridgehead atoms. The molecular formula is C13H10F3N3O2. The van der Waals surface area contributed by atoms with Gasteiger partial charge in [0.1, 0.15) is 11.4 Å². The molecule has 0 saturated carbocycles. The molecule has 1 heterocycles. The number of amidine groups is 1. The number of nitrogens with two attached hydrogens (primary N) is 1. The minimum absolute atomic E-state index is 0.0829. The number of rotatable bonds is 3. The Balaban J connectivity index is 2.35. The largest absolute Gasteiger partial charge is 0.438 e. The summed E-state index contributed by atoms with van der Waals surface area (Å²) in [6, 6.07) is 9.02. The highest BCUT2D eigenvalue weighted by molar-refractivity contribution is 5.95. The number of nitrogens with zero attached hydrogens (tertiary/aromatic N) is 2. The molecule has 0 unspecified atom stereocenters. The summed E-state index contributed by atoms with van der Waals surface area (Å²) >= 11 is 0. The Morgan fingerprint density at radius 3 is 2.52 bits per heavy atom. The summed E-state index contributed by atoms with van der Waals surface area (Å²) in [6.45, 7) is 0. The van der Waals surface area contributed by atoms with Crippen molar-refractivity contribution in [2.45, 2.75) is 6.18 Å². The molecule has 21 heavy (non-hydrogen) atoms. The van der Waals surface area contributed by atoms with Crippen molar-refractivity contribution in [3.8, 4) is 11.6 Å². The smallest absolute Gasteiger partial charge is 0.419 e. The molecule has 3 N–H and O–H groups in total. The zero-order valence-electron chi connectivity index (χ0n) is 10.5. The lowest BCUT2D eigenvalue weighted by Gasteiger charge is -2.13. The van der Waals surface area contributed by atoms with Gasteiger partial charge in [0.05, 0.1) is 5.56 Å². The van der Waals surface area contributed by atoms with Crippen molar-refractivity contribution in [3.05, 3.63) is 53.7 Å². The Kier molecular flexibility index (Phi) is 3.97. The minimum atomic E-state index is -4.54. The van der Waals surface area contributed by atoms with Crippen LogP contribution in [0.15, 0.2) is 47.6 Å². The number of hydrogen-bond acceptors (Lipinski definition) is 4. The molecular weight excluding hydrogens is 287 g/mol. The molecule has 0 aliphatic carbocycles. The van der Waals surface area contributed by atoms with E-state index < -0.39 is 11.7 Å². The first-order valence-electron chi connectivity index (χ1n) is 5.71. The first-order chi connectivity index (χ1) is 9.91. The van der Waals surface area contributed by atoms with Crippen molar-refractivity contribution in [2.24, 2.45) is 10.9 Å². The van der Waals surface area contributed by atoms with Crippen molar-refractivity contribution >= 4 is 5.84 Å². The second-order valence-corrected chi connectivity index (χ2v) is 3.94. The van der Waals surface area contributed by atoms with Crippen LogP contribution in [-0.2, 0) is 6.18 Å². The molecule has 8 heteroatoms. The van der Waals surface area contributed by atoms with Crippen LogP contribution in [0.1, 0.15) is 11.3 Å². The Morgan fingerprint density at radius 2 is 1.86 bits per heavy atom. The first kappa shape index (κ1) is 14.6. The van der Waals surface area contributed by atoms with E-state index in [0.29, 0.717) is 0 Å². The molecule has 0 aliphatic heterocycles. The van der Waals surface area contributed by atoms with Gasteiger partial charge >= 0.3 is 6.18 Å². The lowest BCUT2D eigenvalue weighted by Crippen LogP contribution is -2.15. The van der Waals surface area contributed by atoms with E-state index in [-0.39, 0.29) is 23.2 Å². The van der Waals surface area contributed by atoms with Crippen LogP contribution in [0.25, 0.3) is 0 Å². The van der Waals surface area contributed by atoms with E-state index in [9.17, 15) is 13.2 Å². The average Bonchev–Trinajstić information content (AvgIpc) is 2.46. The molecule has 0 spiro atoms. The zero-order chi connectivity index (χ0) is 15.5. The molecule has 110 valence electrons. The summed E-state index contributed by atoms with van der Waals surface area (Å²) in [5.74, 6) is -0.755. The first-order valence-corrected chi connectivity index (χ1v) is 5.71. The fraction of sp³-hybridized carbons (Fsp3) is 0.0769. The van der Waals surface area contributed by atoms with Gasteiger partial charge in [-0.1, -0.05) is 23.4 Å². The normalized spacial score (nSPS) is 12.2. The van der Waals surface area contributed by atoms with E-state index in [0.717, 1.165) is 6.07 Å². The second kappa shape index (κ2) is 5.70. The highest BCUT2D eigenvalue weighted by Gasteiger charge is 2.34. The maximum absolute atomic E-state index is 12.8. The number of benzene rings is 1. The van der Waals surface area contributed by atoms with Crippen LogP contribution in [0.3, 0.4) is 0 Å². The summed E-state index contributed by atoms with van der Waals surface area (Å²) in [5, 5.41) is 11.3. The SMILES string of the molecule is NC(=NO)c1cccc(Oc2ccccc2C(F)(F)F)n1. The van der Waals surface area contributed by atoms with Crippen LogP contribution in [0.4, 0.5) is 13.2 Å². The van der Waals surface area contributed by atoms with Crippen LogP contribution in [-0.4, -0.2) is 16.0 Å². The van der Waals surface area contributed by atoms with Gasteiger partial charge in [0.15, 0.2) is 5.84 Å². The Hall–Kier alpha value is -2.77. The summed E-state index contributed by atoms with van der Waals surface area (Å²) in [6.07, 6.45) is -4.54. The predicted molar refractivity (Wildman–Crippen MR) is 68.3 cm³/mol. The molecule has 0 fully saturated rings. The maximum Gasteiger partial charge on any atom is 0.419 e. The average molecular weight is 297 g/mol. The highest BCUT2D eigenvalue weighted by atomic mass is 19.4. The fourth-order valence-corrected chi connectivity index (χ4v) is 1.57. The molecule has 0 amide bonds. The van der Waals surface area contributed by atoms with Crippen molar-refractivity contribution < 1.29 is 23.1 Å². The highest BCUT2D eigenvalue weighted by Crippen LogP contribution is 2.37. The van der Waals surface area contributed by atoms with Crippen LogP contribution in [0.2, 0.25) is 0 Å². The second-order valence-electron chi connectivity index (χ2n) is 3.94. The number of hydrogen-bond donors (Lipinski definition) is 2.